The maximum atomic E-state index is 13.9. The Balaban J connectivity index is 1.89. The fourth-order valence-corrected chi connectivity index (χ4v) is 2.04. The highest BCUT2D eigenvalue weighted by atomic mass is 19.1. The molecule has 6 heteroatoms. The standard InChI is InChI=1S/C16H20FN3O2/c1-19(2)15-7-6-12(9-14(15)17)10-18-16(21)20(3)11-13-5-4-8-22-13/h4-9H,10-11H2,1-3H3,(H,18,21). The summed E-state index contributed by atoms with van der Waals surface area (Å²) in [5.41, 5.74) is 1.23. The van der Waals surface area contributed by atoms with E-state index < -0.39 is 0 Å². The number of hydrogen-bond acceptors (Lipinski definition) is 3. The number of carbonyl (C=O) groups is 1. The molecule has 1 aromatic heterocycles. The maximum Gasteiger partial charge on any atom is 0.317 e. The minimum atomic E-state index is -0.305. The van der Waals surface area contributed by atoms with Gasteiger partial charge in [-0.05, 0) is 29.8 Å². The third-order valence-electron chi connectivity index (χ3n) is 3.26. The van der Waals surface area contributed by atoms with Crippen LogP contribution < -0.4 is 10.2 Å². The lowest BCUT2D eigenvalue weighted by Crippen LogP contribution is -2.36. The first-order chi connectivity index (χ1) is 10.5. The van der Waals surface area contributed by atoms with Crippen molar-refractivity contribution in [3.05, 3.63) is 53.7 Å². The van der Waals surface area contributed by atoms with E-state index in [1.807, 2.05) is 0 Å². The maximum absolute atomic E-state index is 13.9. The van der Waals surface area contributed by atoms with Gasteiger partial charge in [0, 0.05) is 27.7 Å². The molecule has 118 valence electrons. The van der Waals surface area contributed by atoms with Crippen LogP contribution in [0.25, 0.3) is 0 Å². The van der Waals surface area contributed by atoms with Gasteiger partial charge in [0.15, 0.2) is 0 Å². The average molecular weight is 305 g/mol. The number of hydrogen-bond donors (Lipinski definition) is 1. The monoisotopic (exact) mass is 305 g/mol. The van der Waals surface area contributed by atoms with E-state index in [2.05, 4.69) is 5.32 Å². The van der Waals surface area contributed by atoms with Gasteiger partial charge in [-0.2, -0.15) is 0 Å². The van der Waals surface area contributed by atoms with E-state index in [9.17, 15) is 9.18 Å². The summed E-state index contributed by atoms with van der Waals surface area (Å²) < 4.78 is 19.1. The molecule has 0 aliphatic carbocycles. The second-order valence-corrected chi connectivity index (χ2v) is 5.27. The molecule has 5 nitrogen and oxygen atoms in total. The smallest absolute Gasteiger partial charge is 0.317 e. The summed E-state index contributed by atoms with van der Waals surface area (Å²) >= 11 is 0. The van der Waals surface area contributed by atoms with E-state index in [-0.39, 0.29) is 18.4 Å². The number of anilines is 1. The molecular formula is C16H20FN3O2. The minimum Gasteiger partial charge on any atom is -0.467 e. The summed E-state index contributed by atoms with van der Waals surface area (Å²) in [7, 11) is 5.24. The van der Waals surface area contributed by atoms with Crippen molar-refractivity contribution in [3.8, 4) is 0 Å². The van der Waals surface area contributed by atoms with Crippen molar-refractivity contribution >= 4 is 11.7 Å². The van der Waals surface area contributed by atoms with E-state index in [1.54, 1.807) is 56.6 Å². The largest absolute Gasteiger partial charge is 0.467 e. The van der Waals surface area contributed by atoms with Crippen LogP contribution in [0.3, 0.4) is 0 Å². The normalized spacial score (nSPS) is 10.4. The molecule has 1 heterocycles. The van der Waals surface area contributed by atoms with Crippen molar-refractivity contribution in [2.75, 3.05) is 26.0 Å². The lowest BCUT2D eigenvalue weighted by Gasteiger charge is -2.17. The van der Waals surface area contributed by atoms with Crippen LogP contribution in [0.4, 0.5) is 14.9 Å². The molecule has 0 unspecified atom stereocenters. The zero-order valence-corrected chi connectivity index (χ0v) is 13.0. The van der Waals surface area contributed by atoms with Crippen LogP contribution in [0.2, 0.25) is 0 Å². The van der Waals surface area contributed by atoms with Crippen LogP contribution in [0, 0.1) is 5.82 Å². The van der Waals surface area contributed by atoms with E-state index >= 15 is 0 Å². The highest BCUT2D eigenvalue weighted by Crippen LogP contribution is 2.18. The molecule has 0 aliphatic rings. The SMILES string of the molecule is CN(Cc1ccco1)C(=O)NCc1ccc(N(C)C)c(F)c1. The lowest BCUT2D eigenvalue weighted by molar-refractivity contribution is 0.202. The number of amides is 2. The van der Waals surface area contributed by atoms with Crippen molar-refractivity contribution in [1.82, 2.24) is 10.2 Å². The van der Waals surface area contributed by atoms with Gasteiger partial charge >= 0.3 is 6.03 Å². The molecule has 0 saturated carbocycles. The Bertz CT molecular complexity index is 626. The lowest BCUT2D eigenvalue weighted by atomic mass is 10.2. The topological polar surface area (TPSA) is 48.7 Å². The molecule has 0 saturated heterocycles. The van der Waals surface area contributed by atoms with Gasteiger partial charge in [-0.15, -0.1) is 0 Å². The molecule has 0 spiro atoms. The van der Waals surface area contributed by atoms with E-state index in [1.165, 1.54) is 11.0 Å². The molecule has 0 radical (unpaired) electrons. The van der Waals surface area contributed by atoms with Gasteiger partial charge in [-0.25, -0.2) is 9.18 Å². The fraction of sp³-hybridized carbons (Fsp3) is 0.312. The summed E-state index contributed by atoms with van der Waals surface area (Å²) in [5, 5.41) is 2.75. The predicted molar refractivity (Wildman–Crippen MR) is 83.1 cm³/mol. The quantitative estimate of drug-likeness (QED) is 0.924. The number of carbonyl (C=O) groups excluding carboxylic acids is 1. The van der Waals surface area contributed by atoms with Crippen LogP contribution in [0.15, 0.2) is 41.0 Å². The number of urea groups is 1. The van der Waals surface area contributed by atoms with Gasteiger partial charge in [0.25, 0.3) is 0 Å². The molecule has 22 heavy (non-hydrogen) atoms. The molecule has 0 aliphatic heterocycles. The summed E-state index contributed by atoms with van der Waals surface area (Å²) in [6, 6.07) is 8.26. The molecular weight excluding hydrogens is 285 g/mol. The van der Waals surface area contributed by atoms with E-state index in [0.29, 0.717) is 23.6 Å². The number of halogens is 1. The molecule has 0 bridgehead atoms. The van der Waals surface area contributed by atoms with Crippen molar-refractivity contribution in [3.63, 3.8) is 0 Å². The minimum absolute atomic E-state index is 0.242. The second-order valence-electron chi connectivity index (χ2n) is 5.27. The first-order valence-corrected chi connectivity index (χ1v) is 6.94. The van der Waals surface area contributed by atoms with Crippen LogP contribution in [0.1, 0.15) is 11.3 Å². The Morgan fingerprint density at radius 1 is 1.27 bits per heavy atom. The van der Waals surface area contributed by atoms with Crippen molar-refractivity contribution in [1.29, 1.82) is 0 Å². The zero-order chi connectivity index (χ0) is 16.1. The molecule has 2 rings (SSSR count). The van der Waals surface area contributed by atoms with Crippen molar-refractivity contribution < 1.29 is 13.6 Å². The molecule has 1 N–H and O–H groups in total. The van der Waals surface area contributed by atoms with Gasteiger partial charge in [0.2, 0.25) is 0 Å². The third-order valence-corrected chi connectivity index (χ3v) is 3.26. The fourth-order valence-electron chi connectivity index (χ4n) is 2.04. The Kier molecular flexibility index (Phi) is 5.04. The first-order valence-electron chi connectivity index (χ1n) is 6.94. The Hall–Kier alpha value is -2.50. The van der Waals surface area contributed by atoms with Gasteiger partial charge in [-0.1, -0.05) is 6.07 Å². The van der Waals surface area contributed by atoms with Crippen LogP contribution in [-0.4, -0.2) is 32.1 Å². The molecule has 0 fully saturated rings. The Labute approximate surface area is 129 Å². The Morgan fingerprint density at radius 2 is 2.05 bits per heavy atom. The van der Waals surface area contributed by atoms with Crippen LogP contribution in [0.5, 0.6) is 0 Å². The van der Waals surface area contributed by atoms with Crippen LogP contribution in [-0.2, 0) is 13.1 Å². The van der Waals surface area contributed by atoms with E-state index in [0.717, 1.165) is 0 Å². The van der Waals surface area contributed by atoms with Crippen molar-refractivity contribution in [2.24, 2.45) is 0 Å². The third kappa shape index (κ3) is 4.00. The van der Waals surface area contributed by atoms with Gasteiger partial charge in [-0.3, -0.25) is 0 Å². The molecule has 1 aromatic carbocycles. The summed E-state index contributed by atoms with van der Waals surface area (Å²) in [6.45, 7) is 0.652. The molecule has 0 atom stereocenters. The number of rotatable bonds is 5. The molecule has 2 aromatic rings. The predicted octanol–water partition coefficient (Wildman–Crippen LogP) is 2.83. The number of benzene rings is 1. The summed E-state index contributed by atoms with van der Waals surface area (Å²) in [6.07, 6.45) is 1.57. The first kappa shape index (κ1) is 15.9. The van der Waals surface area contributed by atoms with Crippen molar-refractivity contribution in [2.45, 2.75) is 13.1 Å². The number of nitrogens with zero attached hydrogens (tertiary/aromatic N) is 2. The highest BCUT2D eigenvalue weighted by Gasteiger charge is 2.11. The summed E-state index contributed by atoms with van der Waals surface area (Å²) in [4.78, 5) is 15.2. The van der Waals surface area contributed by atoms with Gasteiger partial charge in [0.1, 0.15) is 11.6 Å². The van der Waals surface area contributed by atoms with Crippen LogP contribution >= 0.6 is 0 Å². The number of nitrogens with one attached hydrogen (secondary N) is 1. The highest BCUT2D eigenvalue weighted by molar-refractivity contribution is 5.73. The van der Waals surface area contributed by atoms with Gasteiger partial charge in [0.05, 0.1) is 18.5 Å². The van der Waals surface area contributed by atoms with Gasteiger partial charge < -0.3 is 19.5 Å². The average Bonchev–Trinajstić information content (AvgIpc) is 2.97. The summed E-state index contributed by atoms with van der Waals surface area (Å²) in [5.74, 6) is 0.403. The Morgan fingerprint density at radius 3 is 2.64 bits per heavy atom. The number of furan rings is 1. The van der Waals surface area contributed by atoms with E-state index in [4.69, 9.17) is 4.42 Å². The second kappa shape index (κ2) is 6.98. The molecule has 2 amide bonds. The zero-order valence-electron chi connectivity index (χ0n) is 13.0.